The van der Waals surface area contributed by atoms with Crippen molar-refractivity contribution in [2.24, 2.45) is 0 Å². The summed E-state index contributed by atoms with van der Waals surface area (Å²) in [7, 11) is 0. The van der Waals surface area contributed by atoms with Gasteiger partial charge in [-0.2, -0.15) is 0 Å². The van der Waals surface area contributed by atoms with E-state index in [1.807, 2.05) is 0 Å². The van der Waals surface area contributed by atoms with E-state index < -0.39 is 29.8 Å². The predicted molar refractivity (Wildman–Crippen MR) is 72.8 cm³/mol. The van der Waals surface area contributed by atoms with Crippen molar-refractivity contribution in [2.75, 3.05) is 5.32 Å². The Morgan fingerprint density at radius 3 is 2.30 bits per heavy atom. The highest BCUT2D eigenvalue weighted by molar-refractivity contribution is 9.10. The van der Waals surface area contributed by atoms with Crippen LogP contribution in [0.25, 0.3) is 0 Å². The Hall–Kier alpha value is -1.82. The molecule has 0 aromatic heterocycles. The minimum atomic E-state index is -0.790. The van der Waals surface area contributed by atoms with E-state index in [1.165, 1.54) is 18.2 Å². The number of rotatable bonds is 3. The van der Waals surface area contributed by atoms with Crippen molar-refractivity contribution >= 4 is 27.5 Å². The van der Waals surface area contributed by atoms with Crippen LogP contribution in [-0.2, 0) is 11.2 Å². The first-order valence-electron chi connectivity index (χ1n) is 5.65. The molecule has 20 heavy (non-hydrogen) atoms. The minimum absolute atomic E-state index is 0.215. The summed E-state index contributed by atoms with van der Waals surface area (Å²) >= 11 is 2.98. The maximum Gasteiger partial charge on any atom is 0.229 e. The van der Waals surface area contributed by atoms with Crippen LogP contribution in [-0.4, -0.2) is 5.91 Å². The fraction of sp³-hybridized carbons (Fsp3) is 0.0714. The molecule has 0 saturated carbocycles. The van der Waals surface area contributed by atoms with Gasteiger partial charge in [0.25, 0.3) is 0 Å². The smallest absolute Gasteiger partial charge is 0.229 e. The van der Waals surface area contributed by atoms with E-state index in [2.05, 4.69) is 21.2 Å². The predicted octanol–water partition coefficient (Wildman–Crippen LogP) is 4.05. The number of hydrogen-bond donors (Lipinski definition) is 1. The molecule has 0 spiro atoms. The molecule has 0 aliphatic rings. The van der Waals surface area contributed by atoms with Crippen LogP contribution in [0.5, 0.6) is 0 Å². The number of carbonyl (C=O) groups excluding carboxylic acids is 1. The van der Waals surface area contributed by atoms with Crippen LogP contribution in [0.2, 0.25) is 0 Å². The monoisotopic (exact) mass is 343 g/mol. The minimum Gasteiger partial charge on any atom is -0.326 e. The SMILES string of the molecule is O=C(Cc1c(F)cccc1F)Nc1ccc(Br)c(F)c1. The average molecular weight is 344 g/mol. The van der Waals surface area contributed by atoms with Gasteiger partial charge in [-0.3, -0.25) is 4.79 Å². The molecule has 0 unspecified atom stereocenters. The highest BCUT2D eigenvalue weighted by Gasteiger charge is 2.13. The Morgan fingerprint density at radius 1 is 1.05 bits per heavy atom. The summed E-state index contributed by atoms with van der Waals surface area (Å²) in [5, 5.41) is 2.38. The van der Waals surface area contributed by atoms with Gasteiger partial charge in [-0.15, -0.1) is 0 Å². The average Bonchev–Trinajstić information content (AvgIpc) is 2.38. The van der Waals surface area contributed by atoms with Crippen LogP contribution in [0.4, 0.5) is 18.9 Å². The molecule has 0 saturated heterocycles. The van der Waals surface area contributed by atoms with E-state index in [0.29, 0.717) is 0 Å². The zero-order valence-electron chi connectivity index (χ0n) is 10.1. The van der Waals surface area contributed by atoms with Crippen LogP contribution >= 0.6 is 15.9 Å². The first kappa shape index (κ1) is 14.6. The van der Waals surface area contributed by atoms with Gasteiger partial charge in [0, 0.05) is 11.3 Å². The lowest BCUT2D eigenvalue weighted by Gasteiger charge is -2.07. The standard InChI is InChI=1S/C14H9BrF3NO/c15-10-5-4-8(6-13(10)18)19-14(20)7-9-11(16)2-1-3-12(9)17/h1-6H,7H2,(H,19,20). The van der Waals surface area contributed by atoms with E-state index in [-0.39, 0.29) is 15.7 Å². The largest absolute Gasteiger partial charge is 0.326 e. The van der Waals surface area contributed by atoms with Gasteiger partial charge in [0.1, 0.15) is 17.5 Å². The quantitative estimate of drug-likeness (QED) is 0.894. The molecular weight excluding hydrogens is 335 g/mol. The molecule has 0 aliphatic heterocycles. The lowest BCUT2D eigenvalue weighted by Crippen LogP contribution is -2.16. The van der Waals surface area contributed by atoms with E-state index in [9.17, 15) is 18.0 Å². The van der Waals surface area contributed by atoms with Gasteiger partial charge < -0.3 is 5.32 Å². The second-order valence-corrected chi connectivity index (χ2v) is 4.91. The van der Waals surface area contributed by atoms with Crippen LogP contribution in [0, 0.1) is 17.5 Å². The number of benzene rings is 2. The molecule has 2 aromatic carbocycles. The van der Waals surface area contributed by atoms with Crippen molar-refractivity contribution in [1.29, 1.82) is 0 Å². The van der Waals surface area contributed by atoms with Crippen molar-refractivity contribution in [3.8, 4) is 0 Å². The van der Waals surface area contributed by atoms with Gasteiger partial charge in [0.15, 0.2) is 0 Å². The van der Waals surface area contributed by atoms with Gasteiger partial charge >= 0.3 is 0 Å². The molecule has 0 atom stereocenters. The van der Waals surface area contributed by atoms with Crippen molar-refractivity contribution in [1.82, 2.24) is 0 Å². The highest BCUT2D eigenvalue weighted by Crippen LogP contribution is 2.20. The normalized spacial score (nSPS) is 10.4. The molecule has 6 heteroatoms. The molecule has 1 amide bonds. The highest BCUT2D eigenvalue weighted by atomic mass is 79.9. The fourth-order valence-corrected chi connectivity index (χ4v) is 1.89. The molecule has 0 bridgehead atoms. The van der Waals surface area contributed by atoms with E-state index in [0.717, 1.165) is 18.2 Å². The number of carbonyl (C=O) groups is 1. The summed E-state index contributed by atoms with van der Waals surface area (Å²) in [6, 6.07) is 7.38. The maximum absolute atomic E-state index is 13.4. The summed E-state index contributed by atoms with van der Waals surface area (Å²) in [5.41, 5.74) is -0.102. The molecule has 104 valence electrons. The van der Waals surface area contributed by atoms with E-state index in [4.69, 9.17) is 0 Å². The molecular formula is C14H9BrF3NO. The van der Waals surface area contributed by atoms with E-state index in [1.54, 1.807) is 0 Å². The third kappa shape index (κ3) is 3.39. The number of hydrogen-bond acceptors (Lipinski definition) is 1. The van der Waals surface area contributed by atoms with Gasteiger partial charge in [0.05, 0.1) is 10.9 Å². The third-order valence-electron chi connectivity index (χ3n) is 2.60. The number of anilines is 1. The fourth-order valence-electron chi connectivity index (χ4n) is 1.64. The van der Waals surface area contributed by atoms with Gasteiger partial charge in [0.2, 0.25) is 5.91 Å². The molecule has 2 aromatic rings. The summed E-state index contributed by atoms with van der Waals surface area (Å²) in [4.78, 5) is 11.7. The van der Waals surface area contributed by atoms with Gasteiger partial charge in [-0.1, -0.05) is 6.07 Å². The second-order valence-electron chi connectivity index (χ2n) is 4.05. The van der Waals surface area contributed by atoms with E-state index >= 15 is 0 Å². The molecule has 0 radical (unpaired) electrons. The van der Waals surface area contributed by atoms with Gasteiger partial charge in [-0.05, 0) is 46.3 Å². The topological polar surface area (TPSA) is 29.1 Å². The third-order valence-corrected chi connectivity index (χ3v) is 3.25. The van der Waals surface area contributed by atoms with Crippen LogP contribution in [0.3, 0.4) is 0 Å². The first-order valence-corrected chi connectivity index (χ1v) is 6.44. The summed E-state index contributed by atoms with van der Waals surface area (Å²) in [5.74, 6) is -2.75. The summed E-state index contributed by atoms with van der Waals surface area (Å²) < 4.78 is 40.3. The van der Waals surface area contributed by atoms with Crippen LogP contribution in [0.1, 0.15) is 5.56 Å². The maximum atomic E-state index is 13.4. The zero-order chi connectivity index (χ0) is 14.7. The number of halogens is 4. The first-order chi connectivity index (χ1) is 9.47. The number of amides is 1. The zero-order valence-corrected chi connectivity index (χ0v) is 11.7. The molecule has 1 N–H and O–H groups in total. The van der Waals surface area contributed by atoms with Crippen molar-refractivity contribution in [3.63, 3.8) is 0 Å². The van der Waals surface area contributed by atoms with Crippen LogP contribution < -0.4 is 5.32 Å². The Bertz CT molecular complexity index is 641. The summed E-state index contributed by atoms with van der Waals surface area (Å²) in [6.45, 7) is 0. The molecule has 2 rings (SSSR count). The second kappa shape index (κ2) is 6.09. The van der Waals surface area contributed by atoms with Crippen molar-refractivity contribution in [3.05, 3.63) is 63.9 Å². The van der Waals surface area contributed by atoms with Crippen LogP contribution in [0.15, 0.2) is 40.9 Å². The number of nitrogens with one attached hydrogen (secondary N) is 1. The van der Waals surface area contributed by atoms with Crippen molar-refractivity contribution < 1.29 is 18.0 Å². The Kier molecular flexibility index (Phi) is 4.44. The molecule has 0 fully saturated rings. The van der Waals surface area contributed by atoms with Gasteiger partial charge in [-0.25, -0.2) is 13.2 Å². The lowest BCUT2D eigenvalue weighted by molar-refractivity contribution is -0.115. The Morgan fingerprint density at radius 2 is 1.70 bits per heavy atom. The molecule has 0 aliphatic carbocycles. The summed E-state index contributed by atoms with van der Waals surface area (Å²) in [6.07, 6.45) is -0.462. The Balaban J connectivity index is 2.11. The molecule has 2 nitrogen and oxygen atoms in total. The lowest BCUT2D eigenvalue weighted by atomic mass is 10.1. The molecule has 0 heterocycles. The van der Waals surface area contributed by atoms with Crippen molar-refractivity contribution in [2.45, 2.75) is 6.42 Å². The Labute approximate surface area is 121 Å².